The zero-order valence-corrected chi connectivity index (χ0v) is 9.90. The molecule has 2 rings (SSSR count). The molecule has 0 saturated carbocycles. The number of hydrogen-bond acceptors (Lipinski definition) is 6. The van der Waals surface area contributed by atoms with Gasteiger partial charge in [0.05, 0.1) is 11.5 Å². The highest BCUT2D eigenvalue weighted by Crippen LogP contribution is 2.22. The third-order valence-electron chi connectivity index (χ3n) is 2.10. The topological polar surface area (TPSA) is 81.0 Å². The van der Waals surface area contributed by atoms with E-state index in [1.807, 2.05) is 5.38 Å². The lowest BCUT2D eigenvalue weighted by Gasteiger charge is -2.04. The Morgan fingerprint density at radius 3 is 3.00 bits per heavy atom. The number of aryl methyl sites for hydroxylation is 1. The molecule has 0 atom stereocenters. The van der Waals surface area contributed by atoms with E-state index in [0.717, 1.165) is 10.7 Å². The molecule has 0 unspecified atom stereocenters. The molecule has 0 fully saturated rings. The summed E-state index contributed by atoms with van der Waals surface area (Å²) >= 11 is 1.49. The predicted molar refractivity (Wildman–Crippen MR) is 65.1 cm³/mol. The molecule has 2 aromatic rings. The van der Waals surface area contributed by atoms with Crippen LogP contribution in [0.15, 0.2) is 23.7 Å². The first-order valence-corrected chi connectivity index (χ1v) is 5.79. The van der Waals surface area contributed by atoms with Crippen molar-refractivity contribution >= 4 is 22.8 Å². The number of anilines is 1. The molecule has 0 aliphatic heterocycles. The van der Waals surface area contributed by atoms with Gasteiger partial charge in [0.2, 0.25) is 5.82 Å². The molecule has 6 nitrogen and oxygen atoms in total. The van der Waals surface area contributed by atoms with Crippen molar-refractivity contribution in [2.45, 2.75) is 13.5 Å². The van der Waals surface area contributed by atoms with Gasteiger partial charge in [-0.05, 0) is 13.0 Å². The minimum absolute atomic E-state index is 0.0212. The van der Waals surface area contributed by atoms with E-state index >= 15 is 0 Å². The van der Waals surface area contributed by atoms with Crippen molar-refractivity contribution in [3.63, 3.8) is 0 Å². The van der Waals surface area contributed by atoms with Crippen LogP contribution in [0.25, 0.3) is 0 Å². The number of hydrogen-bond donors (Lipinski definition) is 1. The van der Waals surface area contributed by atoms with Crippen LogP contribution in [-0.4, -0.2) is 14.9 Å². The first-order valence-electron chi connectivity index (χ1n) is 4.91. The zero-order valence-electron chi connectivity index (χ0n) is 9.08. The largest absolute Gasteiger partial charge is 0.358 e. The first kappa shape index (κ1) is 11.5. The van der Waals surface area contributed by atoms with Gasteiger partial charge in [0.1, 0.15) is 5.01 Å². The summed E-state index contributed by atoms with van der Waals surface area (Å²) in [6.45, 7) is 2.23. The van der Waals surface area contributed by atoms with Crippen LogP contribution in [0.2, 0.25) is 0 Å². The Morgan fingerprint density at radius 2 is 2.35 bits per heavy atom. The van der Waals surface area contributed by atoms with Gasteiger partial charge in [-0.1, -0.05) is 0 Å². The van der Waals surface area contributed by atoms with Crippen LogP contribution in [0.3, 0.4) is 0 Å². The molecule has 17 heavy (non-hydrogen) atoms. The number of rotatable bonds is 4. The fourth-order valence-electron chi connectivity index (χ4n) is 1.33. The molecule has 0 saturated heterocycles. The molecular formula is C10H10N4O2S. The summed E-state index contributed by atoms with van der Waals surface area (Å²) < 4.78 is 0. The van der Waals surface area contributed by atoms with Crippen molar-refractivity contribution in [3.8, 4) is 0 Å². The van der Waals surface area contributed by atoms with E-state index in [9.17, 15) is 10.1 Å². The van der Waals surface area contributed by atoms with Gasteiger partial charge in [0, 0.05) is 23.3 Å². The fraction of sp³-hybridized carbons (Fsp3) is 0.200. The maximum absolute atomic E-state index is 10.8. The quantitative estimate of drug-likeness (QED) is 0.665. The molecule has 2 aromatic heterocycles. The molecule has 1 N–H and O–H groups in total. The van der Waals surface area contributed by atoms with E-state index in [4.69, 9.17) is 0 Å². The number of nitro groups is 1. The molecule has 2 heterocycles. The van der Waals surface area contributed by atoms with Crippen molar-refractivity contribution in [1.29, 1.82) is 0 Å². The van der Waals surface area contributed by atoms with Crippen molar-refractivity contribution in [2.75, 3.05) is 5.32 Å². The van der Waals surface area contributed by atoms with E-state index in [0.29, 0.717) is 6.54 Å². The van der Waals surface area contributed by atoms with Crippen LogP contribution >= 0.6 is 11.3 Å². The highest BCUT2D eigenvalue weighted by atomic mass is 32.1. The Morgan fingerprint density at radius 1 is 1.53 bits per heavy atom. The smallest absolute Gasteiger partial charge is 0.311 e. The summed E-state index contributed by atoms with van der Waals surface area (Å²) in [5, 5.41) is 16.5. The summed E-state index contributed by atoms with van der Waals surface area (Å²) in [5.74, 6) is 0.283. The van der Waals surface area contributed by atoms with Crippen molar-refractivity contribution in [3.05, 3.63) is 44.5 Å². The number of nitrogens with zero attached hydrogens (tertiary/aromatic N) is 3. The summed E-state index contributed by atoms with van der Waals surface area (Å²) in [5.41, 5.74) is 0.712. The summed E-state index contributed by atoms with van der Waals surface area (Å²) in [7, 11) is 0. The van der Waals surface area contributed by atoms with E-state index in [1.165, 1.54) is 17.4 Å². The van der Waals surface area contributed by atoms with Crippen LogP contribution in [0.5, 0.6) is 0 Å². The summed E-state index contributed by atoms with van der Waals surface area (Å²) in [4.78, 5) is 18.6. The number of thiazole rings is 1. The Hall–Kier alpha value is -2.02. The lowest BCUT2D eigenvalue weighted by Crippen LogP contribution is -2.05. The van der Waals surface area contributed by atoms with Gasteiger partial charge in [-0.2, -0.15) is 0 Å². The molecule has 0 aliphatic rings. The first-order chi connectivity index (χ1) is 8.16. The third-order valence-corrected chi connectivity index (χ3v) is 2.88. The Kier molecular flexibility index (Phi) is 3.29. The van der Waals surface area contributed by atoms with Crippen LogP contribution in [0, 0.1) is 17.0 Å². The number of aromatic nitrogens is 2. The molecule has 7 heteroatoms. The Balaban J connectivity index is 2.19. The molecule has 88 valence electrons. The summed E-state index contributed by atoms with van der Waals surface area (Å²) in [6, 6.07) is 3.07. The van der Waals surface area contributed by atoms with E-state index in [2.05, 4.69) is 15.3 Å². The number of nitrogens with one attached hydrogen (secondary N) is 1. The lowest BCUT2D eigenvalue weighted by molar-refractivity contribution is -0.384. The minimum Gasteiger partial charge on any atom is -0.358 e. The molecule has 0 aliphatic carbocycles. The second kappa shape index (κ2) is 4.88. The highest BCUT2D eigenvalue weighted by molar-refractivity contribution is 7.09. The van der Waals surface area contributed by atoms with E-state index in [-0.39, 0.29) is 11.5 Å². The van der Waals surface area contributed by atoms with Crippen molar-refractivity contribution in [2.24, 2.45) is 0 Å². The Labute approximate surface area is 102 Å². The standard InChI is InChI=1S/C10H10N4O2S/c1-7-2-3-8(14(15)16)10(13-7)12-6-9-11-4-5-17-9/h2-5H,6H2,1H3,(H,12,13). The number of pyridine rings is 1. The van der Waals surface area contributed by atoms with E-state index < -0.39 is 4.92 Å². The zero-order chi connectivity index (χ0) is 12.3. The van der Waals surface area contributed by atoms with Crippen molar-refractivity contribution < 1.29 is 4.92 Å². The average molecular weight is 250 g/mol. The predicted octanol–water partition coefficient (Wildman–Crippen LogP) is 2.37. The van der Waals surface area contributed by atoms with Crippen LogP contribution in [0.1, 0.15) is 10.7 Å². The normalized spacial score (nSPS) is 10.2. The van der Waals surface area contributed by atoms with Crippen LogP contribution in [0.4, 0.5) is 11.5 Å². The van der Waals surface area contributed by atoms with Crippen LogP contribution < -0.4 is 5.32 Å². The van der Waals surface area contributed by atoms with Gasteiger partial charge in [-0.15, -0.1) is 11.3 Å². The summed E-state index contributed by atoms with van der Waals surface area (Å²) in [6.07, 6.45) is 1.69. The van der Waals surface area contributed by atoms with Gasteiger partial charge < -0.3 is 5.32 Å². The molecule has 0 aromatic carbocycles. The van der Waals surface area contributed by atoms with Gasteiger partial charge in [0.15, 0.2) is 0 Å². The SMILES string of the molecule is Cc1ccc([N+](=O)[O-])c(NCc2nccs2)n1. The third kappa shape index (κ3) is 2.76. The average Bonchev–Trinajstić information content (AvgIpc) is 2.78. The fourth-order valence-corrected chi connectivity index (χ4v) is 1.88. The maximum Gasteiger partial charge on any atom is 0.311 e. The molecule has 0 amide bonds. The van der Waals surface area contributed by atoms with E-state index in [1.54, 1.807) is 19.2 Å². The van der Waals surface area contributed by atoms with Gasteiger partial charge in [0.25, 0.3) is 0 Å². The second-order valence-electron chi connectivity index (χ2n) is 3.36. The van der Waals surface area contributed by atoms with Gasteiger partial charge in [-0.25, -0.2) is 9.97 Å². The Bertz CT molecular complexity index is 527. The van der Waals surface area contributed by atoms with Crippen LogP contribution in [-0.2, 0) is 6.54 Å². The maximum atomic E-state index is 10.8. The van der Waals surface area contributed by atoms with Crippen molar-refractivity contribution in [1.82, 2.24) is 9.97 Å². The van der Waals surface area contributed by atoms with Gasteiger partial charge in [-0.3, -0.25) is 10.1 Å². The molecule has 0 radical (unpaired) electrons. The molecule has 0 spiro atoms. The molecule has 0 bridgehead atoms. The van der Waals surface area contributed by atoms with Gasteiger partial charge >= 0.3 is 5.69 Å². The molecular weight excluding hydrogens is 240 g/mol. The monoisotopic (exact) mass is 250 g/mol. The second-order valence-corrected chi connectivity index (χ2v) is 4.34. The highest BCUT2D eigenvalue weighted by Gasteiger charge is 2.14. The lowest BCUT2D eigenvalue weighted by atomic mass is 10.3. The minimum atomic E-state index is -0.448.